The minimum atomic E-state index is -0.261. The quantitative estimate of drug-likeness (QED) is 0.356. The molecular formula is C11H15N3O3. The summed E-state index contributed by atoms with van der Waals surface area (Å²) in [6.45, 7) is 2.42. The molecule has 0 bridgehead atoms. The predicted molar refractivity (Wildman–Crippen MR) is 61.8 cm³/mol. The van der Waals surface area contributed by atoms with E-state index >= 15 is 0 Å². The summed E-state index contributed by atoms with van der Waals surface area (Å²) in [5, 5.41) is 5.17. The molecule has 0 aliphatic carbocycles. The molecule has 0 radical (unpaired) electrons. The van der Waals surface area contributed by atoms with Crippen molar-refractivity contribution >= 4 is 18.1 Å². The van der Waals surface area contributed by atoms with Crippen LogP contribution < -0.4 is 10.6 Å². The molecule has 0 unspecified atom stereocenters. The van der Waals surface area contributed by atoms with Gasteiger partial charge < -0.3 is 15.6 Å². The number of hydrogen-bond donors (Lipinski definition) is 3. The first-order valence-electron chi connectivity index (χ1n) is 5.30. The van der Waals surface area contributed by atoms with E-state index in [0.29, 0.717) is 37.3 Å². The Morgan fingerprint density at radius 2 is 2.00 bits per heavy atom. The molecule has 92 valence electrons. The van der Waals surface area contributed by atoms with Crippen molar-refractivity contribution in [1.29, 1.82) is 0 Å². The van der Waals surface area contributed by atoms with Crippen molar-refractivity contribution in [2.45, 2.75) is 13.3 Å². The van der Waals surface area contributed by atoms with E-state index in [2.05, 4.69) is 15.6 Å². The number of ketones is 1. The lowest BCUT2D eigenvalue weighted by Gasteiger charge is -2.03. The average molecular weight is 237 g/mol. The number of H-pyrrole nitrogens is 1. The molecule has 0 aliphatic rings. The summed E-state index contributed by atoms with van der Waals surface area (Å²) < 4.78 is 0. The first-order valence-corrected chi connectivity index (χ1v) is 5.30. The van der Waals surface area contributed by atoms with Crippen LogP contribution in [0.15, 0.2) is 12.1 Å². The molecule has 1 aromatic heterocycles. The maximum absolute atomic E-state index is 11.6. The molecule has 0 aliphatic heterocycles. The lowest BCUT2D eigenvalue weighted by atomic mass is 10.3. The minimum Gasteiger partial charge on any atom is -0.359 e. The Morgan fingerprint density at radius 3 is 2.59 bits per heavy atom. The topological polar surface area (TPSA) is 91.1 Å². The zero-order valence-electron chi connectivity index (χ0n) is 9.58. The number of aromatic amines is 1. The fourth-order valence-electron chi connectivity index (χ4n) is 1.28. The van der Waals surface area contributed by atoms with Gasteiger partial charge in [0.15, 0.2) is 5.78 Å². The van der Waals surface area contributed by atoms with Crippen molar-refractivity contribution in [3.8, 4) is 0 Å². The third kappa shape index (κ3) is 4.10. The third-order valence-electron chi connectivity index (χ3n) is 2.18. The second kappa shape index (κ2) is 6.47. The molecule has 2 amide bonds. The van der Waals surface area contributed by atoms with Crippen molar-refractivity contribution in [2.75, 3.05) is 13.1 Å². The smallest absolute Gasteiger partial charge is 0.267 e. The minimum absolute atomic E-state index is 0.112. The zero-order chi connectivity index (χ0) is 12.7. The molecule has 6 nitrogen and oxygen atoms in total. The molecule has 0 saturated heterocycles. The van der Waals surface area contributed by atoms with E-state index in [4.69, 9.17) is 0 Å². The van der Waals surface area contributed by atoms with Gasteiger partial charge in [-0.05, 0) is 18.6 Å². The number of hydrogen-bond acceptors (Lipinski definition) is 3. The van der Waals surface area contributed by atoms with Crippen LogP contribution in [-0.2, 0) is 4.79 Å². The van der Waals surface area contributed by atoms with Crippen molar-refractivity contribution in [3.05, 3.63) is 23.5 Å². The number of Topliss-reactive ketones (excluding diaryl/α,β-unsaturated/α-hetero) is 1. The van der Waals surface area contributed by atoms with Crippen LogP contribution in [0.5, 0.6) is 0 Å². The van der Waals surface area contributed by atoms with Gasteiger partial charge in [0.05, 0.1) is 5.69 Å². The van der Waals surface area contributed by atoms with Crippen LogP contribution in [0.4, 0.5) is 0 Å². The summed E-state index contributed by atoms with van der Waals surface area (Å²) >= 11 is 0. The molecule has 0 aromatic carbocycles. The summed E-state index contributed by atoms with van der Waals surface area (Å²) in [7, 11) is 0. The molecule has 1 aromatic rings. The third-order valence-corrected chi connectivity index (χ3v) is 2.18. The molecule has 1 heterocycles. The highest BCUT2D eigenvalue weighted by atomic mass is 16.2. The van der Waals surface area contributed by atoms with Crippen molar-refractivity contribution in [3.63, 3.8) is 0 Å². The number of aromatic nitrogens is 1. The Hall–Kier alpha value is -2.11. The van der Waals surface area contributed by atoms with Gasteiger partial charge in [-0.1, -0.05) is 0 Å². The Bertz CT molecular complexity index is 412. The van der Waals surface area contributed by atoms with Gasteiger partial charge >= 0.3 is 0 Å². The molecule has 17 heavy (non-hydrogen) atoms. The van der Waals surface area contributed by atoms with Crippen LogP contribution in [0.25, 0.3) is 0 Å². The Balaban J connectivity index is 2.36. The first kappa shape index (κ1) is 13.0. The molecule has 0 saturated carbocycles. The van der Waals surface area contributed by atoms with Crippen LogP contribution in [-0.4, -0.2) is 36.2 Å². The number of nitrogens with one attached hydrogen (secondary N) is 3. The molecule has 3 N–H and O–H groups in total. The van der Waals surface area contributed by atoms with Crippen LogP contribution >= 0.6 is 0 Å². The largest absolute Gasteiger partial charge is 0.359 e. The predicted octanol–water partition coefficient (Wildman–Crippen LogP) is 0.0832. The Kier molecular flexibility index (Phi) is 4.93. The standard InChI is InChI=1S/C11H15N3O3/c1-8(16)9-3-4-10(14-9)11(17)13-6-2-5-12-7-15/h3-4,7,14H,2,5-6H2,1H3,(H,12,15)(H,13,17). The van der Waals surface area contributed by atoms with Crippen molar-refractivity contribution in [2.24, 2.45) is 0 Å². The number of rotatable bonds is 7. The van der Waals surface area contributed by atoms with Gasteiger partial charge in [-0.15, -0.1) is 0 Å². The normalized spacial score (nSPS) is 9.71. The van der Waals surface area contributed by atoms with E-state index in [1.54, 1.807) is 12.1 Å². The summed E-state index contributed by atoms with van der Waals surface area (Å²) in [6.07, 6.45) is 1.27. The fourth-order valence-corrected chi connectivity index (χ4v) is 1.28. The molecule has 0 atom stereocenters. The van der Waals surface area contributed by atoms with Crippen molar-refractivity contribution in [1.82, 2.24) is 15.6 Å². The van der Waals surface area contributed by atoms with Crippen molar-refractivity contribution < 1.29 is 14.4 Å². The first-order chi connectivity index (χ1) is 8.15. The van der Waals surface area contributed by atoms with Crippen LogP contribution in [0, 0.1) is 0 Å². The zero-order valence-corrected chi connectivity index (χ0v) is 9.58. The second-order valence-corrected chi connectivity index (χ2v) is 3.52. The summed E-state index contributed by atoms with van der Waals surface area (Å²) in [4.78, 5) is 35.3. The fraction of sp³-hybridized carbons (Fsp3) is 0.364. The summed E-state index contributed by atoms with van der Waals surface area (Å²) in [5.41, 5.74) is 0.774. The maximum Gasteiger partial charge on any atom is 0.267 e. The molecule has 1 rings (SSSR count). The van der Waals surface area contributed by atoms with Gasteiger partial charge in [-0.25, -0.2) is 0 Å². The average Bonchev–Trinajstić information content (AvgIpc) is 2.78. The highest BCUT2D eigenvalue weighted by Gasteiger charge is 2.09. The van der Waals surface area contributed by atoms with E-state index in [1.807, 2.05) is 0 Å². The molecule has 6 heteroatoms. The lowest BCUT2D eigenvalue weighted by molar-refractivity contribution is -0.109. The number of amides is 2. The molecular weight excluding hydrogens is 222 g/mol. The van der Waals surface area contributed by atoms with E-state index in [0.717, 1.165) is 0 Å². The van der Waals surface area contributed by atoms with Gasteiger partial charge in [0, 0.05) is 20.0 Å². The lowest BCUT2D eigenvalue weighted by Crippen LogP contribution is -2.27. The monoisotopic (exact) mass is 237 g/mol. The van der Waals surface area contributed by atoms with E-state index in [-0.39, 0.29) is 11.7 Å². The maximum atomic E-state index is 11.6. The van der Waals surface area contributed by atoms with Crippen LogP contribution in [0.2, 0.25) is 0 Å². The van der Waals surface area contributed by atoms with Gasteiger partial charge in [-0.3, -0.25) is 14.4 Å². The van der Waals surface area contributed by atoms with Gasteiger partial charge in [0.1, 0.15) is 5.69 Å². The second-order valence-electron chi connectivity index (χ2n) is 3.52. The van der Waals surface area contributed by atoms with Gasteiger partial charge in [-0.2, -0.15) is 0 Å². The molecule has 0 fully saturated rings. The van der Waals surface area contributed by atoms with Gasteiger partial charge in [0.25, 0.3) is 5.91 Å². The highest BCUT2D eigenvalue weighted by molar-refractivity contribution is 5.97. The Labute approximate surface area is 98.8 Å². The number of carbonyl (C=O) groups is 3. The summed E-state index contributed by atoms with van der Waals surface area (Å²) in [6, 6.07) is 3.14. The SMILES string of the molecule is CC(=O)c1ccc(C(=O)NCCCNC=O)[nH]1. The Morgan fingerprint density at radius 1 is 1.29 bits per heavy atom. The summed E-state index contributed by atoms with van der Waals surface area (Å²) in [5.74, 6) is -0.372. The van der Waals surface area contributed by atoms with E-state index < -0.39 is 0 Å². The van der Waals surface area contributed by atoms with Gasteiger partial charge in [0.2, 0.25) is 6.41 Å². The van der Waals surface area contributed by atoms with E-state index in [9.17, 15) is 14.4 Å². The van der Waals surface area contributed by atoms with Crippen LogP contribution in [0.1, 0.15) is 34.3 Å². The number of carbonyl (C=O) groups excluding carboxylic acids is 3. The highest BCUT2D eigenvalue weighted by Crippen LogP contribution is 2.02. The van der Waals surface area contributed by atoms with E-state index in [1.165, 1.54) is 6.92 Å². The van der Waals surface area contributed by atoms with Crippen LogP contribution in [0.3, 0.4) is 0 Å². The molecule has 0 spiro atoms.